The number of thioether (sulfide) groups is 1. The summed E-state index contributed by atoms with van der Waals surface area (Å²) in [5.41, 5.74) is 4.78. The molecule has 0 saturated heterocycles. The molecule has 3 aromatic rings. The number of nitrogens with one attached hydrogen (secondary N) is 1. The van der Waals surface area contributed by atoms with Crippen LogP contribution in [0.4, 0.5) is 11.5 Å². The zero-order chi connectivity index (χ0) is 20.4. The number of carbonyl (C=O) groups is 1. The van der Waals surface area contributed by atoms with Crippen LogP contribution in [0.25, 0.3) is 11.8 Å². The van der Waals surface area contributed by atoms with Crippen molar-refractivity contribution in [2.75, 3.05) is 5.32 Å². The van der Waals surface area contributed by atoms with Gasteiger partial charge in [0.2, 0.25) is 5.91 Å². The lowest BCUT2D eigenvalue weighted by Crippen LogP contribution is -2.13. The number of fused-ring (bicyclic) bond motifs is 1. The summed E-state index contributed by atoms with van der Waals surface area (Å²) in [5, 5.41) is 18.4. The Morgan fingerprint density at radius 3 is 2.76 bits per heavy atom. The van der Waals surface area contributed by atoms with Crippen molar-refractivity contribution in [1.82, 2.24) is 9.78 Å². The fourth-order valence-corrected chi connectivity index (χ4v) is 4.16. The largest absolute Gasteiger partial charge is 0.307 e. The van der Waals surface area contributed by atoms with Gasteiger partial charge in [-0.3, -0.25) is 14.9 Å². The van der Waals surface area contributed by atoms with Crippen LogP contribution in [-0.2, 0) is 16.3 Å². The Bertz CT molecular complexity index is 1120. The minimum absolute atomic E-state index is 0.0155. The van der Waals surface area contributed by atoms with Gasteiger partial charge in [-0.15, -0.1) is 0 Å². The summed E-state index contributed by atoms with van der Waals surface area (Å²) < 4.78 is 1.79. The Morgan fingerprint density at radius 2 is 2.03 bits per heavy atom. The van der Waals surface area contributed by atoms with Gasteiger partial charge in [0.1, 0.15) is 5.82 Å². The molecule has 4 rings (SSSR count). The van der Waals surface area contributed by atoms with Crippen molar-refractivity contribution < 1.29 is 9.72 Å². The van der Waals surface area contributed by atoms with E-state index in [2.05, 4.69) is 5.32 Å². The van der Waals surface area contributed by atoms with E-state index in [0.29, 0.717) is 11.4 Å². The van der Waals surface area contributed by atoms with Crippen LogP contribution in [-0.4, -0.2) is 20.6 Å². The van der Waals surface area contributed by atoms with E-state index in [1.165, 1.54) is 18.2 Å². The highest BCUT2D eigenvalue weighted by atomic mass is 32.2. The molecular weight excluding hydrogens is 388 g/mol. The molecule has 146 valence electrons. The average molecular weight is 406 g/mol. The van der Waals surface area contributed by atoms with Crippen molar-refractivity contribution in [2.45, 2.75) is 18.4 Å². The summed E-state index contributed by atoms with van der Waals surface area (Å²) in [6.45, 7) is 2.02. The lowest BCUT2D eigenvalue weighted by molar-refractivity contribution is -0.384. The molecule has 8 heteroatoms. The van der Waals surface area contributed by atoms with Crippen LogP contribution < -0.4 is 5.32 Å². The first kappa shape index (κ1) is 18.9. The Labute approximate surface area is 171 Å². The summed E-state index contributed by atoms with van der Waals surface area (Å²) in [5.74, 6) is 2.05. The third kappa shape index (κ3) is 4.07. The van der Waals surface area contributed by atoms with Crippen LogP contribution in [0.5, 0.6) is 0 Å². The maximum Gasteiger partial charge on any atom is 0.269 e. The Kier molecular flexibility index (Phi) is 5.18. The molecule has 7 nitrogen and oxygen atoms in total. The van der Waals surface area contributed by atoms with Gasteiger partial charge in [0.15, 0.2) is 0 Å². The standard InChI is InChI=1S/C21H18N4O3S/c1-14-3-2-4-17(11-14)24-21(18-12-29-13-19(18)23-24)22-20(26)10-7-15-5-8-16(9-6-15)25(27)28/h2-11H,12-13H2,1H3,(H,22,26)/b10-7+. The van der Waals surface area contributed by atoms with E-state index in [1.807, 2.05) is 31.2 Å². The first-order chi connectivity index (χ1) is 14.0. The first-order valence-electron chi connectivity index (χ1n) is 9.00. The van der Waals surface area contributed by atoms with E-state index < -0.39 is 4.92 Å². The van der Waals surface area contributed by atoms with Gasteiger partial charge in [-0.1, -0.05) is 12.1 Å². The number of benzene rings is 2. The van der Waals surface area contributed by atoms with Crippen molar-refractivity contribution in [2.24, 2.45) is 0 Å². The van der Waals surface area contributed by atoms with Crippen LogP contribution in [0, 0.1) is 17.0 Å². The molecule has 0 fully saturated rings. The molecule has 0 spiro atoms. The van der Waals surface area contributed by atoms with Gasteiger partial charge in [0.05, 0.1) is 16.3 Å². The van der Waals surface area contributed by atoms with Crippen molar-refractivity contribution >= 4 is 35.3 Å². The smallest absolute Gasteiger partial charge is 0.269 e. The molecule has 0 unspecified atom stereocenters. The number of nitrogens with zero attached hydrogens (tertiary/aromatic N) is 3. The lowest BCUT2D eigenvalue weighted by Gasteiger charge is -2.10. The van der Waals surface area contributed by atoms with Crippen molar-refractivity contribution in [3.05, 3.63) is 87.1 Å². The molecule has 1 aromatic heterocycles. The molecule has 1 aliphatic rings. The van der Waals surface area contributed by atoms with Crippen molar-refractivity contribution in [3.8, 4) is 5.69 Å². The van der Waals surface area contributed by atoms with Gasteiger partial charge in [-0.25, -0.2) is 4.68 Å². The number of rotatable bonds is 5. The number of hydrogen-bond donors (Lipinski definition) is 1. The third-order valence-corrected chi connectivity index (χ3v) is 5.54. The fraction of sp³-hybridized carbons (Fsp3) is 0.143. The Balaban J connectivity index is 1.57. The minimum atomic E-state index is -0.453. The van der Waals surface area contributed by atoms with E-state index in [4.69, 9.17) is 5.10 Å². The highest BCUT2D eigenvalue weighted by molar-refractivity contribution is 7.98. The van der Waals surface area contributed by atoms with E-state index in [9.17, 15) is 14.9 Å². The van der Waals surface area contributed by atoms with Gasteiger partial charge in [-0.2, -0.15) is 16.9 Å². The number of non-ortho nitro benzene ring substituents is 1. The molecular formula is C21H18N4O3S. The molecule has 1 amide bonds. The SMILES string of the molecule is Cc1cccc(-n2nc3c(c2NC(=O)/C=C/c2ccc([N+](=O)[O-])cc2)CSC3)c1. The maximum absolute atomic E-state index is 12.6. The number of hydrogen-bond acceptors (Lipinski definition) is 5. The molecule has 2 heterocycles. The van der Waals surface area contributed by atoms with Crippen molar-refractivity contribution in [3.63, 3.8) is 0 Å². The van der Waals surface area contributed by atoms with E-state index in [-0.39, 0.29) is 11.6 Å². The lowest BCUT2D eigenvalue weighted by atomic mass is 10.2. The van der Waals surface area contributed by atoms with E-state index in [0.717, 1.165) is 34.0 Å². The second kappa shape index (κ2) is 7.92. The van der Waals surface area contributed by atoms with Crippen LogP contribution in [0.2, 0.25) is 0 Å². The number of aromatic nitrogens is 2. The average Bonchev–Trinajstić information content (AvgIpc) is 3.29. The number of aryl methyl sites for hydroxylation is 1. The highest BCUT2D eigenvalue weighted by Crippen LogP contribution is 2.36. The molecule has 1 N–H and O–H groups in total. The quantitative estimate of drug-likeness (QED) is 0.383. The number of anilines is 1. The zero-order valence-corrected chi connectivity index (χ0v) is 16.5. The number of nitro benzene ring substituents is 1. The molecule has 0 radical (unpaired) electrons. The summed E-state index contributed by atoms with van der Waals surface area (Å²) in [4.78, 5) is 22.8. The summed E-state index contributed by atoms with van der Waals surface area (Å²) in [7, 11) is 0. The van der Waals surface area contributed by atoms with Crippen LogP contribution in [0.3, 0.4) is 0 Å². The number of amides is 1. The number of nitro groups is 1. The van der Waals surface area contributed by atoms with E-state index in [1.54, 1.807) is 34.7 Å². The van der Waals surface area contributed by atoms with Gasteiger partial charge < -0.3 is 5.32 Å². The third-order valence-electron chi connectivity index (χ3n) is 4.57. The molecule has 29 heavy (non-hydrogen) atoms. The van der Waals surface area contributed by atoms with E-state index >= 15 is 0 Å². The molecule has 2 aromatic carbocycles. The second-order valence-corrected chi connectivity index (χ2v) is 7.67. The first-order valence-corrected chi connectivity index (χ1v) is 10.2. The normalized spacial score (nSPS) is 12.9. The maximum atomic E-state index is 12.6. The summed E-state index contributed by atoms with van der Waals surface area (Å²) in [6, 6.07) is 14.0. The molecule has 0 atom stereocenters. The summed E-state index contributed by atoms with van der Waals surface area (Å²) >= 11 is 1.77. The highest BCUT2D eigenvalue weighted by Gasteiger charge is 2.24. The predicted octanol–water partition coefficient (Wildman–Crippen LogP) is 4.49. The molecule has 0 bridgehead atoms. The van der Waals surface area contributed by atoms with Gasteiger partial charge in [0.25, 0.3) is 5.69 Å². The Hall–Kier alpha value is -3.39. The van der Waals surface area contributed by atoms with Crippen LogP contribution in [0.1, 0.15) is 22.4 Å². The van der Waals surface area contributed by atoms with Gasteiger partial charge >= 0.3 is 0 Å². The van der Waals surface area contributed by atoms with Gasteiger partial charge in [0, 0.05) is 35.3 Å². The predicted molar refractivity (Wildman–Crippen MR) is 114 cm³/mol. The molecule has 0 saturated carbocycles. The minimum Gasteiger partial charge on any atom is -0.307 e. The van der Waals surface area contributed by atoms with Crippen LogP contribution >= 0.6 is 11.8 Å². The Morgan fingerprint density at radius 1 is 1.24 bits per heavy atom. The molecule has 1 aliphatic heterocycles. The monoisotopic (exact) mass is 406 g/mol. The van der Waals surface area contributed by atoms with Crippen molar-refractivity contribution in [1.29, 1.82) is 0 Å². The fourth-order valence-electron chi connectivity index (χ4n) is 3.13. The second-order valence-electron chi connectivity index (χ2n) is 6.69. The van der Waals surface area contributed by atoms with Gasteiger partial charge in [-0.05, 0) is 48.4 Å². The summed E-state index contributed by atoms with van der Waals surface area (Å²) in [6.07, 6.45) is 3.05. The topological polar surface area (TPSA) is 90.1 Å². The number of carbonyl (C=O) groups excluding carboxylic acids is 1. The zero-order valence-electron chi connectivity index (χ0n) is 15.7. The van der Waals surface area contributed by atoms with Crippen LogP contribution in [0.15, 0.2) is 54.6 Å². The molecule has 0 aliphatic carbocycles.